The molecular formula is C14H18FN3O. The summed E-state index contributed by atoms with van der Waals surface area (Å²) in [5, 5.41) is 4.26. The minimum absolute atomic E-state index is 0.209. The fraction of sp³-hybridized carbons (Fsp3) is 0.357. The van der Waals surface area contributed by atoms with Crippen LogP contribution in [0.25, 0.3) is 0 Å². The number of hydrogen-bond donors (Lipinski definition) is 1. The number of ether oxygens (including phenoxy) is 1. The van der Waals surface area contributed by atoms with Crippen molar-refractivity contribution < 1.29 is 9.13 Å². The second kappa shape index (κ2) is 5.40. The van der Waals surface area contributed by atoms with Gasteiger partial charge in [-0.05, 0) is 37.1 Å². The molecule has 0 bridgehead atoms. The molecule has 1 aromatic carbocycles. The smallest absolute Gasteiger partial charge is 0.165 e. The van der Waals surface area contributed by atoms with Gasteiger partial charge in [0.25, 0.3) is 0 Å². The Labute approximate surface area is 112 Å². The van der Waals surface area contributed by atoms with Crippen LogP contribution in [0.1, 0.15) is 23.0 Å². The highest BCUT2D eigenvalue weighted by atomic mass is 19.1. The van der Waals surface area contributed by atoms with Crippen molar-refractivity contribution >= 4 is 0 Å². The van der Waals surface area contributed by atoms with E-state index in [1.165, 1.54) is 13.2 Å². The molecule has 0 fully saturated rings. The molecule has 2 N–H and O–H groups in total. The molecule has 0 spiro atoms. The van der Waals surface area contributed by atoms with Gasteiger partial charge >= 0.3 is 0 Å². The highest BCUT2D eigenvalue weighted by molar-refractivity contribution is 5.30. The maximum absolute atomic E-state index is 13.6. The van der Waals surface area contributed by atoms with E-state index < -0.39 is 0 Å². The van der Waals surface area contributed by atoms with Crippen LogP contribution in [0.4, 0.5) is 4.39 Å². The lowest BCUT2D eigenvalue weighted by atomic mass is 10.0. The van der Waals surface area contributed by atoms with Gasteiger partial charge in [0.15, 0.2) is 11.6 Å². The van der Waals surface area contributed by atoms with Crippen LogP contribution in [-0.4, -0.2) is 16.9 Å². The molecule has 2 aromatic rings. The summed E-state index contributed by atoms with van der Waals surface area (Å²) in [5.74, 6) is -0.123. The first-order chi connectivity index (χ1) is 9.01. The second-order valence-electron chi connectivity index (χ2n) is 4.61. The van der Waals surface area contributed by atoms with E-state index in [-0.39, 0.29) is 17.6 Å². The van der Waals surface area contributed by atoms with Crippen molar-refractivity contribution in [3.63, 3.8) is 0 Å². The molecule has 2 rings (SSSR count). The molecule has 0 aliphatic carbocycles. The molecule has 5 heteroatoms. The third-order valence-electron chi connectivity index (χ3n) is 3.09. The minimum atomic E-state index is -0.367. The fourth-order valence-electron chi connectivity index (χ4n) is 2.17. The zero-order valence-corrected chi connectivity index (χ0v) is 11.4. The van der Waals surface area contributed by atoms with Crippen molar-refractivity contribution in [1.29, 1.82) is 0 Å². The van der Waals surface area contributed by atoms with E-state index in [9.17, 15) is 4.39 Å². The Morgan fingerprint density at radius 2 is 2.16 bits per heavy atom. The molecule has 0 saturated heterocycles. The van der Waals surface area contributed by atoms with Crippen molar-refractivity contribution in [2.45, 2.75) is 19.4 Å². The number of methoxy groups -OCH3 is 1. The standard InChI is InChI=1S/C14H18FN3O/c1-9-6-13(18(2)17-9)12(16)8-10-4-5-14(19-3)11(15)7-10/h4-7,12H,8,16H2,1-3H3. The average Bonchev–Trinajstić information content (AvgIpc) is 2.69. The zero-order valence-electron chi connectivity index (χ0n) is 11.4. The van der Waals surface area contributed by atoms with E-state index in [1.807, 2.05) is 26.1 Å². The van der Waals surface area contributed by atoms with Crippen molar-refractivity contribution in [3.8, 4) is 5.75 Å². The van der Waals surface area contributed by atoms with Gasteiger partial charge in [-0.1, -0.05) is 6.07 Å². The van der Waals surface area contributed by atoms with Gasteiger partial charge in [-0.15, -0.1) is 0 Å². The largest absolute Gasteiger partial charge is 0.494 e. The number of aryl methyl sites for hydroxylation is 2. The predicted octanol–water partition coefficient (Wildman–Crippen LogP) is 2.12. The van der Waals surface area contributed by atoms with Crippen LogP contribution in [0, 0.1) is 12.7 Å². The Hall–Kier alpha value is -1.88. The highest BCUT2D eigenvalue weighted by Gasteiger charge is 2.13. The van der Waals surface area contributed by atoms with E-state index in [4.69, 9.17) is 10.5 Å². The van der Waals surface area contributed by atoms with Gasteiger partial charge in [-0.2, -0.15) is 5.10 Å². The van der Waals surface area contributed by atoms with E-state index in [1.54, 1.807) is 10.7 Å². The van der Waals surface area contributed by atoms with Crippen molar-refractivity contribution in [2.24, 2.45) is 12.8 Å². The number of halogens is 1. The fourth-order valence-corrected chi connectivity index (χ4v) is 2.17. The van der Waals surface area contributed by atoms with Crippen molar-refractivity contribution in [2.75, 3.05) is 7.11 Å². The van der Waals surface area contributed by atoms with Crippen LogP contribution >= 0.6 is 0 Å². The van der Waals surface area contributed by atoms with Crippen molar-refractivity contribution in [3.05, 3.63) is 47.0 Å². The molecule has 1 aromatic heterocycles. The van der Waals surface area contributed by atoms with Crippen LogP contribution in [0.5, 0.6) is 5.75 Å². The molecule has 0 saturated carbocycles. The summed E-state index contributed by atoms with van der Waals surface area (Å²) in [6, 6.07) is 6.64. The number of hydrogen-bond acceptors (Lipinski definition) is 3. The SMILES string of the molecule is COc1ccc(CC(N)c2cc(C)nn2C)cc1F. The normalized spacial score (nSPS) is 12.5. The van der Waals surface area contributed by atoms with Crippen LogP contribution in [0.2, 0.25) is 0 Å². The maximum atomic E-state index is 13.6. The Kier molecular flexibility index (Phi) is 3.85. The summed E-state index contributed by atoms with van der Waals surface area (Å²) in [4.78, 5) is 0. The molecular weight excluding hydrogens is 245 g/mol. The molecule has 0 radical (unpaired) electrons. The lowest BCUT2D eigenvalue weighted by molar-refractivity contribution is 0.386. The van der Waals surface area contributed by atoms with Crippen molar-refractivity contribution in [1.82, 2.24) is 9.78 Å². The molecule has 102 valence electrons. The van der Waals surface area contributed by atoms with E-state index >= 15 is 0 Å². The second-order valence-corrected chi connectivity index (χ2v) is 4.61. The first-order valence-corrected chi connectivity index (χ1v) is 6.09. The molecule has 4 nitrogen and oxygen atoms in total. The molecule has 1 unspecified atom stereocenters. The number of aromatic nitrogens is 2. The van der Waals surface area contributed by atoms with Gasteiger partial charge in [-0.3, -0.25) is 4.68 Å². The third-order valence-corrected chi connectivity index (χ3v) is 3.09. The summed E-state index contributed by atoms with van der Waals surface area (Å²) in [5.41, 5.74) is 8.85. The first kappa shape index (κ1) is 13.5. The summed E-state index contributed by atoms with van der Waals surface area (Å²) in [6.45, 7) is 1.92. The van der Waals surface area contributed by atoms with E-state index in [0.717, 1.165) is 17.0 Å². The Balaban J connectivity index is 2.17. The number of nitrogens with zero attached hydrogens (tertiary/aromatic N) is 2. The lowest BCUT2D eigenvalue weighted by Gasteiger charge is -2.12. The summed E-state index contributed by atoms with van der Waals surface area (Å²) >= 11 is 0. The Morgan fingerprint density at radius 3 is 2.68 bits per heavy atom. The third kappa shape index (κ3) is 2.93. The van der Waals surface area contributed by atoms with Gasteiger partial charge in [0.05, 0.1) is 24.5 Å². The monoisotopic (exact) mass is 263 g/mol. The van der Waals surface area contributed by atoms with Gasteiger partial charge < -0.3 is 10.5 Å². The average molecular weight is 263 g/mol. The van der Waals surface area contributed by atoms with Crippen LogP contribution in [-0.2, 0) is 13.5 Å². The van der Waals surface area contributed by atoms with E-state index in [2.05, 4.69) is 5.10 Å². The Morgan fingerprint density at radius 1 is 1.42 bits per heavy atom. The number of nitrogens with two attached hydrogens (primary N) is 1. The summed E-state index contributed by atoms with van der Waals surface area (Å²) in [7, 11) is 3.30. The molecule has 1 atom stereocenters. The zero-order chi connectivity index (χ0) is 14.0. The van der Waals surface area contributed by atoms with Gasteiger partial charge in [0.1, 0.15) is 0 Å². The van der Waals surface area contributed by atoms with Crippen LogP contribution < -0.4 is 10.5 Å². The van der Waals surface area contributed by atoms with Gasteiger partial charge in [0, 0.05) is 7.05 Å². The van der Waals surface area contributed by atoms with Crippen LogP contribution in [0.15, 0.2) is 24.3 Å². The van der Waals surface area contributed by atoms with Crippen LogP contribution in [0.3, 0.4) is 0 Å². The molecule has 0 amide bonds. The van der Waals surface area contributed by atoms with Gasteiger partial charge in [-0.25, -0.2) is 4.39 Å². The first-order valence-electron chi connectivity index (χ1n) is 6.09. The summed E-state index contributed by atoms with van der Waals surface area (Å²) in [6.07, 6.45) is 0.555. The Bertz CT molecular complexity index is 580. The quantitative estimate of drug-likeness (QED) is 0.919. The topological polar surface area (TPSA) is 53.1 Å². The highest BCUT2D eigenvalue weighted by Crippen LogP contribution is 2.21. The predicted molar refractivity (Wildman–Crippen MR) is 71.5 cm³/mol. The lowest BCUT2D eigenvalue weighted by Crippen LogP contribution is -2.17. The number of rotatable bonds is 4. The summed E-state index contributed by atoms with van der Waals surface area (Å²) < 4.78 is 20.3. The minimum Gasteiger partial charge on any atom is -0.494 e. The van der Waals surface area contributed by atoms with Gasteiger partial charge in [0.2, 0.25) is 0 Å². The number of benzene rings is 1. The molecule has 19 heavy (non-hydrogen) atoms. The maximum Gasteiger partial charge on any atom is 0.165 e. The molecule has 0 aliphatic heterocycles. The molecule has 1 heterocycles. The van der Waals surface area contributed by atoms with E-state index in [0.29, 0.717) is 6.42 Å². The molecule has 0 aliphatic rings.